The molecular weight excluding hydrogens is 1050 g/mol. The van der Waals surface area contributed by atoms with Gasteiger partial charge in [0.05, 0.1) is 19.8 Å². The first-order valence-corrected chi connectivity index (χ1v) is 32.9. The van der Waals surface area contributed by atoms with Crippen molar-refractivity contribution in [3.8, 4) is 0 Å². The molecule has 0 aliphatic carbocycles. The van der Waals surface area contributed by atoms with Crippen molar-refractivity contribution in [2.75, 3.05) is 26.4 Å². The van der Waals surface area contributed by atoms with Crippen molar-refractivity contribution in [3.63, 3.8) is 0 Å². The van der Waals surface area contributed by atoms with E-state index in [1.54, 1.807) is 0 Å². The first-order chi connectivity index (χ1) is 40.2. The SMILES string of the molecule is CC/C=C\C/C=C\C/C=C\C/C=C\C/C=C\CCCCCC(=O)OC(COC(=O)CCCCCC/C=C\C/C=C\C/C=C\C/C=C\CC)COP(=O)(O)OCC(CO)OC(=O)CCCCCCCC/C=C\C/C=C\C/C=C\C/C=C\CC. The summed E-state index contributed by atoms with van der Waals surface area (Å²) in [6.07, 6.45) is 81.9. The van der Waals surface area contributed by atoms with Gasteiger partial charge in [-0.1, -0.05) is 224 Å². The van der Waals surface area contributed by atoms with Crippen LogP contribution in [0, 0.1) is 0 Å². The van der Waals surface area contributed by atoms with Gasteiger partial charge < -0.3 is 24.2 Å². The van der Waals surface area contributed by atoms with Crippen LogP contribution in [-0.2, 0) is 42.2 Å². The highest BCUT2D eigenvalue weighted by Crippen LogP contribution is 2.43. The maximum absolute atomic E-state index is 13.0. The fourth-order valence-corrected chi connectivity index (χ4v) is 8.56. The molecule has 11 nitrogen and oxygen atoms in total. The molecule has 0 radical (unpaired) electrons. The average molecular weight is 1160 g/mol. The van der Waals surface area contributed by atoms with Gasteiger partial charge in [-0.05, 0) is 141 Å². The molecule has 0 aromatic heterocycles. The molecule has 0 saturated carbocycles. The van der Waals surface area contributed by atoms with Crippen molar-refractivity contribution in [1.29, 1.82) is 0 Å². The quantitative estimate of drug-likeness (QED) is 0.0197. The van der Waals surface area contributed by atoms with Crippen LogP contribution < -0.4 is 0 Å². The van der Waals surface area contributed by atoms with Gasteiger partial charge in [-0.25, -0.2) is 4.57 Å². The lowest BCUT2D eigenvalue weighted by Crippen LogP contribution is -2.30. The van der Waals surface area contributed by atoms with E-state index in [0.717, 1.165) is 167 Å². The van der Waals surface area contributed by atoms with Crippen LogP contribution in [0.15, 0.2) is 158 Å². The molecule has 0 rings (SSSR count). The van der Waals surface area contributed by atoms with Crippen molar-refractivity contribution in [2.45, 2.75) is 238 Å². The van der Waals surface area contributed by atoms with Crippen molar-refractivity contribution >= 4 is 25.7 Å². The number of aliphatic hydroxyl groups excluding tert-OH is 1. The standard InChI is InChI=1S/C70H111O11P/c1-4-7-10-13-16-19-22-25-28-31-33-36-39-42-45-48-51-54-57-60-69(73)80-66(62-71)64-78-82(75,76)79-65-67(63-77-68(72)59-56-53-50-47-44-41-38-35-30-27-24-21-18-15-12-9-6-3)81-70(74)61-58-55-52-49-46-43-40-37-34-32-29-26-23-20-17-14-11-8-5-2/h7-12,16-21,25-30,33-34,36-38,41,43,46,66-67,71H,4-6,13-15,22-24,31-32,35,39-40,42,44-45,47-65H2,1-3H3,(H,75,76)/b10-7-,11-8-,12-9-,19-16-,20-17-,21-18-,28-25-,29-26-,30-27-,36-33-,37-34-,41-38-,46-43-. The minimum atomic E-state index is -4.79. The Bertz CT molecular complexity index is 1980. The molecule has 0 saturated heterocycles. The van der Waals surface area contributed by atoms with Crippen LogP contribution in [0.25, 0.3) is 0 Å². The van der Waals surface area contributed by atoms with Crippen molar-refractivity contribution in [1.82, 2.24) is 0 Å². The Balaban J connectivity index is 4.83. The van der Waals surface area contributed by atoms with E-state index in [9.17, 15) is 28.9 Å². The summed E-state index contributed by atoms with van der Waals surface area (Å²) in [4.78, 5) is 48.8. The van der Waals surface area contributed by atoms with E-state index < -0.39 is 57.8 Å². The first kappa shape index (κ1) is 77.1. The minimum absolute atomic E-state index is 0.112. The summed E-state index contributed by atoms with van der Waals surface area (Å²) in [7, 11) is -4.79. The van der Waals surface area contributed by atoms with Crippen molar-refractivity contribution in [2.24, 2.45) is 0 Å². The molecule has 3 atom stereocenters. The van der Waals surface area contributed by atoms with E-state index in [1.807, 2.05) is 0 Å². The number of esters is 3. The number of hydrogen-bond donors (Lipinski definition) is 2. The van der Waals surface area contributed by atoms with Gasteiger partial charge in [-0.3, -0.25) is 23.4 Å². The predicted molar refractivity (Wildman–Crippen MR) is 343 cm³/mol. The Morgan fingerprint density at radius 3 is 0.927 bits per heavy atom. The second kappa shape index (κ2) is 62.2. The molecule has 0 aliphatic heterocycles. The van der Waals surface area contributed by atoms with Gasteiger partial charge in [0.25, 0.3) is 0 Å². The summed E-state index contributed by atoms with van der Waals surface area (Å²) >= 11 is 0. The van der Waals surface area contributed by atoms with Gasteiger partial charge in [-0.2, -0.15) is 0 Å². The Morgan fingerprint density at radius 1 is 0.341 bits per heavy atom. The normalized spacial score (nSPS) is 14.4. The maximum Gasteiger partial charge on any atom is 0.472 e. The number of allylic oxidation sites excluding steroid dienone is 26. The fraction of sp³-hybridized carbons (Fsp3) is 0.586. The third-order valence-corrected chi connectivity index (χ3v) is 13.4. The smallest absolute Gasteiger partial charge is 0.462 e. The Morgan fingerprint density at radius 2 is 0.598 bits per heavy atom. The lowest BCUT2D eigenvalue weighted by Gasteiger charge is -2.21. The predicted octanol–water partition coefficient (Wildman–Crippen LogP) is 19.3. The van der Waals surface area contributed by atoms with Gasteiger partial charge in [0.15, 0.2) is 6.10 Å². The maximum atomic E-state index is 13.0. The molecule has 0 spiro atoms. The van der Waals surface area contributed by atoms with Crippen LogP contribution in [0.1, 0.15) is 226 Å². The van der Waals surface area contributed by atoms with E-state index >= 15 is 0 Å². The number of aliphatic hydroxyl groups is 1. The zero-order valence-electron chi connectivity index (χ0n) is 51.1. The average Bonchev–Trinajstić information content (AvgIpc) is 3.50. The number of carbonyl (C=O) groups is 3. The Labute approximate surface area is 498 Å². The number of phosphoric ester groups is 1. The Kier molecular flexibility index (Phi) is 58.4. The third-order valence-electron chi connectivity index (χ3n) is 12.4. The number of carbonyl (C=O) groups excluding carboxylic acids is 3. The molecule has 82 heavy (non-hydrogen) atoms. The molecule has 462 valence electrons. The summed E-state index contributed by atoms with van der Waals surface area (Å²) < 4.78 is 39.6. The molecular formula is C70H111O11P. The molecule has 0 aromatic carbocycles. The topological polar surface area (TPSA) is 155 Å². The highest BCUT2D eigenvalue weighted by Gasteiger charge is 2.28. The highest BCUT2D eigenvalue weighted by molar-refractivity contribution is 7.47. The largest absolute Gasteiger partial charge is 0.472 e. The molecule has 0 fully saturated rings. The van der Waals surface area contributed by atoms with E-state index in [-0.39, 0.29) is 25.9 Å². The number of rotatable bonds is 56. The zero-order chi connectivity index (χ0) is 59.8. The van der Waals surface area contributed by atoms with Crippen molar-refractivity contribution in [3.05, 3.63) is 158 Å². The summed E-state index contributed by atoms with van der Waals surface area (Å²) in [6.45, 7) is 4.21. The second-order valence-corrected chi connectivity index (χ2v) is 21.5. The van der Waals surface area contributed by atoms with E-state index in [1.165, 1.54) is 0 Å². The monoisotopic (exact) mass is 1160 g/mol. The Hall–Kier alpha value is -4.90. The van der Waals surface area contributed by atoms with Gasteiger partial charge in [0.2, 0.25) is 0 Å². The van der Waals surface area contributed by atoms with Crippen LogP contribution >= 0.6 is 7.82 Å². The second-order valence-electron chi connectivity index (χ2n) is 20.1. The number of unbranched alkanes of at least 4 members (excludes halogenated alkanes) is 13. The summed E-state index contributed by atoms with van der Waals surface area (Å²) in [5.41, 5.74) is 0. The van der Waals surface area contributed by atoms with Crippen molar-refractivity contribution < 1.29 is 52.2 Å². The van der Waals surface area contributed by atoms with E-state index in [2.05, 4.69) is 179 Å². The van der Waals surface area contributed by atoms with Gasteiger partial charge in [-0.15, -0.1) is 0 Å². The molecule has 0 aliphatic rings. The molecule has 12 heteroatoms. The number of ether oxygens (including phenoxy) is 3. The number of phosphoric acid groups is 1. The lowest BCUT2D eigenvalue weighted by atomic mass is 10.1. The van der Waals surface area contributed by atoms with Gasteiger partial charge in [0.1, 0.15) is 12.7 Å². The van der Waals surface area contributed by atoms with Crippen LogP contribution in [0.5, 0.6) is 0 Å². The molecule has 0 aromatic rings. The fourth-order valence-electron chi connectivity index (χ4n) is 7.78. The van der Waals surface area contributed by atoms with Gasteiger partial charge >= 0.3 is 25.7 Å². The molecule has 0 bridgehead atoms. The van der Waals surface area contributed by atoms with Gasteiger partial charge in [0, 0.05) is 19.3 Å². The number of hydrogen-bond acceptors (Lipinski definition) is 10. The lowest BCUT2D eigenvalue weighted by molar-refractivity contribution is -0.161. The van der Waals surface area contributed by atoms with Crippen LogP contribution in [0.2, 0.25) is 0 Å². The summed E-state index contributed by atoms with van der Waals surface area (Å²) in [5, 5.41) is 9.86. The summed E-state index contributed by atoms with van der Waals surface area (Å²) in [6, 6.07) is 0. The molecule has 0 amide bonds. The van der Waals surface area contributed by atoms with Crippen LogP contribution in [0.4, 0.5) is 0 Å². The zero-order valence-corrected chi connectivity index (χ0v) is 52.0. The molecule has 0 heterocycles. The van der Waals surface area contributed by atoms with Crippen LogP contribution in [-0.4, -0.2) is 66.5 Å². The molecule has 3 unspecified atom stereocenters. The minimum Gasteiger partial charge on any atom is -0.462 e. The van der Waals surface area contributed by atoms with E-state index in [4.69, 9.17) is 23.3 Å². The van der Waals surface area contributed by atoms with E-state index in [0.29, 0.717) is 19.3 Å². The summed E-state index contributed by atoms with van der Waals surface area (Å²) in [5.74, 6) is -1.56. The molecule has 2 N–H and O–H groups in total. The first-order valence-electron chi connectivity index (χ1n) is 31.4. The van der Waals surface area contributed by atoms with Crippen LogP contribution in [0.3, 0.4) is 0 Å². The third kappa shape index (κ3) is 59.7. The highest BCUT2D eigenvalue weighted by atomic mass is 31.2.